The molecule has 0 aliphatic carbocycles. The summed E-state index contributed by atoms with van der Waals surface area (Å²) in [6.07, 6.45) is 49.1. The molecule has 0 aliphatic rings. The van der Waals surface area contributed by atoms with Crippen molar-refractivity contribution in [3.63, 3.8) is 0 Å². The van der Waals surface area contributed by atoms with Crippen LogP contribution in [0.5, 0.6) is 0 Å². The molecular formula is C48H85O10P. The van der Waals surface area contributed by atoms with Gasteiger partial charge in [0, 0.05) is 12.8 Å². The number of carbonyl (C=O) groups excluding carboxylic acids is 2. The fourth-order valence-corrected chi connectivity index (χ4v) is 6.93. The second-order valence-electron chi connectivity index (χ2n) is 15.5. The summed E-state index contributed by atoms with van der Waals surface area (Å²) in [6.45, 7) is 2.21. The molecule has 0 aromatic heterocycles. The smallest absolute Gasteiger partial charge is 0.462 e. The van der Waals surface area contributed by atoms with E-state index in [0.717, 1.165) is 70.6 Å². The van der Waals surface area contributed by atoms with Gasteiger partial charge in [0.15, 0.2) is 6.10 Å². The Balaban J connectivity index is 4.22. The van der Waals surface area contributed by atoms with Gasteiger partial charge in [-0.15, -0.1) is 0 Å². The van der Waals surface area contributed by atoms with Crippen molar-refractivity contribution < 1.29 is 47.8 Å². The molecule has 0 saturated heterocycles. The van der Waals surface area contributed by atoms with Crippen molar-refractivity contribution in [3.8, 4) is 0 Å². The van der Waals surface area contributed by atoms with Gasteiger partial charge in [0.05, 0.1) is 19.8 Å². The molecule has 0 aromatic rings. The number of hydrogen-bond donors (Lipinski definition) is 3. The van der Waals surface area contributed by atoms with Gasteiger partial charge in [0.25, 0.3) is 0 Å². The lowest BCUT2D eigenvalue weighted by Gasteiger charge is -2.20. The van der Waals surface area contributed by atoms with Gasteiger partial charge in [0.1, 0.15) is 12.7 Å². The highest BCUT2D eigenvalue weighted by molar-refractivity contribution is 7.47. The van der Waals surface area contributed by atoms with E-state index in [2.05, 4.69) is 60.9 Å². The number of ether oxygens (including phenoxy) is 2. The summed E-state index contributed by atoms with van der Waals surface area (Å²) in [4.78, 5) is 35.0. The van der Waals surface area contributed by atoms with Gasteiger partial charge in [0.2, 0.25) is 0 Å². The third kappa shape index (κ3) is 43.6. The zero-order valence-electron chi connectivity index (χ0n) is 37.2. The average Bonchev–Trinajstić information content (AvgIpc) is 3.22. The SMILES string of the molecule is CC/C=C/C=C/C=C/CCCCCCCC(=O)OC(COC(=O)CCCCCCCCC/C=C/C/C=C/CCCCCCCCCCC)COP(=O)(O)OC[C@H](O)CO. The average molecular weight is 853 g/mol. The van der Waals surface area contributed by atoms with Gasteiger partial charge < -0.3 is 24.6 Å². The van der Waals surface area contributed by atoms with E-state index in [4.69, 9.17) is 19.1 Å². The maximum atomic E-state index is 12.6. The number of phosphoric acid groups is 1. The van der Waals surface area contributed by atoms with Crippen molar-refractivity contribution in [2.75, 3.05) is 26.4 Å². The molecule has 0 amide bonds. The molecule has 0 saturated carbocycles. The second-order valence-corrected chi connectivity index (χ2v) is 16.9. The van der Waals surface area contributed by atoms with Crippen LogP contribution in [0.15, 0.2) is 60.8 Å². The molecule has 0 heterocycles. The molecule has 11 heteroatoms. The van der Waals surface area contributed by atoms with Crippen LogP contribution >= 0.6 is 7.82 Å². The van der Waals surface area contributed by atoms with Crippen LogP contribution < -0.4 is 0 Å². The third-order valence-corrected chi connectivity index (χ3v) is 10.7. The zero-order chi connectivity index (χ0) is 43.3. The summed E-state index contributed by atoms with van der Waals surface area (Å²) in [5.74, 6) is -0.959. The topological polar surface area (TPSA) is 149 Å². The first-order chi connectivity index (χ1) is 28.7. The van der Waals surface area contributed by atoms with Gasteiger partial charge in [-0.25, -0.2) is 4.57 Å². The molecule has 10 nitrogen and oxygen atoms in total. The highest BCUT2D eigenvalue weighted by Crippen LogP contribution is 2.43. The Morgan fingerprint density at radius 2 is 1.00 bits per heavy atom. The van der Waals surface area contributed by atoms with Crippen LogP contribution in [0.4, 0.5) is 0 Å². The largest absolute Gasteiger partial charge is 0.472 e. The fraction of sp³-hybridized carbons (Fsp3) is 0.750. The molecule has 0 fully saturated rings. The fourth-order valence-electron chi connectivity index (χ4n) is 6.14. The molecule has 0 radical (unpaired) electrons. The number of aliphatic hydroxyl groups is 2. The minimum absolute atomic E-state index is 0.157. The first kappa shape index (κ1) is 56.7. The van der Waals surface area contributed by atoms with E-state index < -0.39 is 51.8 Å². The van der Waals surface area contributed by atoms with Crippen LogP contribution in [-0.2, 0) is 32.7 Å². The Hall–Kier alpha value is -2.33. The van der Waals surface area contributed by atoms with E-state index in [1.807, 2.05) is 18.2 Å². The summed E-state index contributed by atoms with van der Waals surface area (Å²) in [5, 5.41) is 18.3. The standard InChI is InChI=1S/C48H85O10P/c1-3-5-7-9-11-13-15-17-18-19-20-21-22-23-24-25-26-28-29-31-33-35-37-39-47(51)55-43-46(44-57-59(53,54)56-42-45(50)41-49)58-48(52)40-38-36-34-32-30-27-16-14-12-10-8-6-4-2/h6,8,10,12,14,16,20-21,23-24,45-46,49-50H,3-5,7,9,11,13,15,17-19,22,25-44H2,1-2H3,(H,53,54)/b8-6+,12-10+,16-14+,21-20+,24-23+/t45-,46?/m1/s1. The van der Waals surface area contributed by atoms with Gasteiger partial charge in [-0.1, -0.05) is 177 Å². The normalized spacial score (nSPS) is 14.3. The highest BCUT2D eigenvalue weighted by Gasteiger charge is 2.27. The minimum Gasteiger partial charge on any atom is -0.462 e. The van der Waals surface area contributed by atoms with Gasteiger partial charge in [-0.3, -0.25) is 18.6 Å². The predicted molar refractivity (Wildman–Crippen MR) is 242 cm³/mol. The van der Waals surface area contributed by atoms with Crippen molar-refractivity contribution in [1.82, 2.24) is 0 Å². The monoisotopic (exact) mass is 853 g/mol. The summed E-state index contributed by atoms with van der Waals surface area (Å²) < 4.78 is 32.7. The second kappa shape index (κ2) is 43.7. The molecule has 3 N–H and O–H groups in total. The number of esters is 2. The Labute approximate surface area is 359 Å². The minimum atomic E-state index is -4.63. The van der Waals surface area contributed by atoms with Gasteiger partial charge >= 0.3 is 19.8 Å². The summed E-state index contributed by atoms with van der Waals surface area (Å²) in [6, 6.07) is 0. The van der Waals surface area contributed by atoms with Crippen molar-refractivity contribution >= 4 is 19.8 Å². The van der Waals surface area contributed by atoms with Crippen LogP contribution in [0, 0.1) is 0 Å². The summed E-state index contributed by atoms with van der Waals surface area (Å²) >= 11 is 0. The molecule has 2 unspecified atom stereocenters. The zero-order valence-corrected chi connectivity index (χ0v) is 38.1. The van der Waals surface area contributed by atoms with Crippen molar-refractivity contribution in [1.29, 1.82) is 0 Å². The number of aliphatic hydroxyl groups excluding tert-OH is 2. The van der Waals surface area contributed by atoms with Crippen LogP contribution in [0.1, 0.15) is 194 Å². The Bertz CT molecular complexity index is 1160. The van der Waals surface area contributed by atoms with Crippen molar-refractivity contribution in [2.45, 2.75) is 206 Å². The molecule has 0 bridgehead atoms. The van der Waals surface area contributed by atoms with Crippen LogP contribution in [0.25, 0.3) is 0 Å². The van der Waals surface area contributed by atoms with E-state index in [1.165, 1.54) is 83.5 Å². The van der Waals surface area contributed by atoms with Gasteiger partial charge in [-0.2, -0.15) is 0 Å². The predicted octanol–water partition coefficient (Wildman–Crippen LogP) is 12.7. The molecule has 0 aliphatic heterocycles. The number of rotatable bonds is 43. The van der Waals surface area contributed by atoms with Crippen LogP contribution in [0.2, 0.25) is 0 Å². The van der Waals surface area contributed by atoms with Crippen LogP contribution in [0.3, 0.4) is 0 Å². The van der Waals surface area contributed by atoms with E-state index >= 15 is 0 Å². The lowest BCUT2D eigenvalue weighted by molar-refractivity contribution is -0.161. The number of allylic oxidation sites excluding steroid dienone is 10. The molecule has 3 atom stereocenters. The lowest BCUT2D eigenvalue weighted by atomic mass is 10.1. The Kier molecular flexibility index (Phi) is 42.0. The molecular weight excluding hydrogens is 767 g/mol. The maximum Gasteiger partial charge on any atom is 0.472 e. The van der Waals surface area contributed by atoms with Gasteiger partial charge in [-0.05, 0) is 64.2 Å². The Morgan fingerprint density at radius 3 is 1.53 bits per heavy atom. The molecule has 0 spiro atoms. The first-order valence-electron chi connectivity index (χ1n) is 23.3. The summed E-state index contributed by atoms with van der Waals surface area (Å²) in [7, 11) is -4.63. The van der Waals surface area contributed by atoms with E-state index in [-0.39, 0.29) is 19.4 Å². The third-order valence-electron chi connectivity index (χ3n) is 9.72. The van der Waals surface area contributed by atoms with E-state index in [1.54, 1.807) is 0 Å². The quantitative estimate of drug-likeness (QED) is 0.0178. The number of hydrogen-bond acceptors (Lipinski definition) is 9. The molecule has 342 valence electrons. The van der Waals surface area contributed by atoms with Crippen LogP contribution in [-0.4, -0.2) is 65.7 Å². The van der Waals surface area contributed by atoms with E-state index in [0.29, 0.717) is 12.8 Å². The molecule has 59 heavy (non-hydrogen) atoms. The molecule has 0 aromatic carbocycles. The number of carbonyl (C=O) groups is 2. The Morgan fingerprint density at radius 1 is 0.542 bits per heavy atom. The highest BCUT2D eigenvalue weighted by atomic mass is 31.2. The first-order valence-corrected chi connectivity index (χ1v) is 24.8. The number of unbranched alkanes of at least 4 members (excludes halogenated alkanes) is 21. The maximum absolute atomic E-state index is 12.6. The number of phosphoric ester groups is 1. The lowest BCUT2D eigenvalue weighted by Crippen LogP contribution is -2.29. The molecule has 0 rings (SSSR count). The van der Waals surface area contributed by atoms with E-state index in [9.17, 15) is 24.2 Å². The van der Waals surface area contributed by atoms with Crippen molar-refractivity contribution in [3.05, 3.63) is 60.8 Å². The van der Waals surface area contributed by atoms with Crippen molar-refractivity contribution in [2.24, 2.45) is 0 Å². The summed E-state index contributed by atoms with van der Waals surface area (Å²) in [5.41, 5.74) is 0.